The van der Waals surface area contributed by atoms with E-state index < -0.39 is 0 Å². The van der Waals surface area contributed by atoms with Gasteiger partial charge >= 0.3 is 0 Å². The van der Waals surface area contributed by atoms with Gasteiger partial charge in [-0.15, -0.1) is 0 Å². The standard InChI is InChI=1S/C20H40N2.H2O/c1-3-4-5-6-7-8-9-10-11-12-13-14-15-16-17-22-19-18-21(2)20-22;/h18-19H,3-17,20H2,1-2H3;1H2. The lowest BCUT2D eigenvalue weighted by Crippen LogP contribution is -2.23. The molecule has 0 aromatic heterocycles. The fourth-order valence-electron chi connectivity index (χ4n) is 3.24. The highest BCUT2D eigenvalue weighted by Gasteiger charge is 2.06. The molecule has 0 unspecified atom stereocenters. The summed E-state index contributed by atoms with van der Waals surface area (Å²) in [5.41, 5.74) is 0. The first kappa shape index (κ1) is 22.3. The molecular formula is C20H42N2O. The quantitative estimate of drug-likeness (QED) is 0.382. The fourth-order valence-corrected chi connectivity index (χ4v) is 3.24. The maximum absolute atomic E-state index is 2.42. The second kappa shape index (κ2) is 16.2. The largest absolute Gasteiger partial charge is 0.412 e. The second-order valence-corrected chi connectivity index (χ2v) is 7.11. The summed E-state index contributed by atoms with van der Waals surface area (Å²) in [6, 6.07) is 0. The lowest BCUT2D eigenvalue weighted by molar-refractivity contribution is 0.290. The molecule has 3 heteroatoms. The number of unbranched alkanes of at least 4 members (excludes halogenated alkanes) is 13. The summed E-state index contributed by atoms with van der Waals surface area (Å²) in [6.07, 6.45) is 24.6. The first-order valence-corrected chi connectivity index (χ1v) is 9.95. The van der Waals surface area contributed by atoms with Gasteiger partial charge < -0.3 is 15.3 Å². The van der Waals surface area contributed by atoms with E-state index in [1.54, 1.807) is 0 Å². The Morgan fingerprint density at radius 3 is 1.48 bits per heavy atom. The van der Waals surface area contributed by atoms with Gasteiger partial charge in [0.15, 0.2) is 0 Å². The number of nitrogens with zero attached hydrogens (tertiary/aromatic N) is 2. The van der Waals surface area contributed by atoms with Crippen molar-refractivity contribution in [3.8, 4) is 0 Å². The van der Waals surface area contributed by atoms with E-state index in [2.05, 4.69) is 36.2 Å². The molecule has 1 aliphatic rings. The van der Waals surface area contributed by atoms with Gasteiger partial charge in [0.1, 0.15) is 0 Å². The molecule has 0 saturated carbocycles. The third kappa shape index (κ3) is 13.4. The topological polar surface area (TPSA) is 38.0 Å². The van der Waals surface area contributed by atoms with E-state index in [1.807, 2.05) is 0 Å². The molecule has 0 spiro atoms. The van der Waals surface area contributed by atoms with Crippen LogP contribution in [0.15, 0.2) is 12.4 Å². The molecule has 2 N–H and O–H groups in total. The van der Waals surface area contributed by atoms with Crippen LogP contribution in [0.25, 0.3) is 0 Å². The highest BCUT2D eigenvalue weighted by molar-refractivity contribution is 4.88. The molecule has 0 aliphatic carbocycles. The Morgan fingerprint density at radius 2 is 1.09 bits per heavy atom. The predicted molar refractivity (Wildman–Crippen MR) is 102 cm³/mol. The highest BCUT2D eigenvalue weighted by Crippen LogP contribution is 2.13. The minimum absolute atomic E-state index is 0. The summed E-state index contributed by atoms with van der Waals surface area (Å²) in [5, 5.41) is 0. The fraction of sp³-hybridized carbons (Fsp3) is 0.900. The van der Waals surface area contributed by atoms with Crippen LogP contribution in [-0.2, 0) is 0 Å². The van der Waals surface area contributed by atoms with E-state index in [0.717, 1.165) is 6.67 Å². The molecule has 1 rings (SSSR count). The van der Waals surface area contributed by atoms with Crippen molar-refractivity contribution in [1.29, 1.82) is 0 Å². The average Bonchev–Trinajstić information content (AvgIpc) is 2.93. The van der Waals surface area contributed by atoms with Crippen LogP contribution in [0.5, 0.6) is 0 Å². The molecule has 0 aromatic rings. The summed E-state index contributed by atoms with van der Waals surface area (Å²) < 4.78 is 0. The van der Waals surface area contributed by atoms with Crippen molar-refractivity contribution in [3.63, 3.8) is 0 Å². The van der Waals surface area contributed by atoms with Crippen LogP contribution in [0.2, 0.25) is 0 Å². The van der Waals surface area contributed by atoms with Crippen molar-refractivity contribution in [2.75, 3.05) is 20.3 Å². The van der Waals surface area contributed by atoms with Gasteiger partial charge in [-0.05, 0) is 6.42 Å². The zero-order chi connectivity index (χ0) is 15.9. The van der Waals surface area contributed by atoms with E-state index in [0.29, 0.717) is 0 Å². The van der Waals surface area contributed by atoms with Crippen molar-refractivity contribution in [3.05, 3.63) is 12.4 Å². The van der Waals surface area contributed by atoms with Gasteiger partial charge in [-0.3, -0.25) is 0 Å². The maximum atomic E-state index is 2.42. The van der Waals surface area contributed by atoms with E-state index in [9.17, 15) is 0 Å². The minimum Gasteiger partial charge on any atom is -0.412 e. The molecule has 1 heterocycles. The van der Waals surface area contributed by atoms with E-state index in [4.69, 9.17) is 0 Å². The van der Waals surface area contributed by atoms with Gasteiger partial charge in [0, 0.05) is 26.0 Å². The average molecular weight is 327 g/mol. The van der Waals surface area contributed by atoms with Crippen LogP contribution in [0.1, 0.15) is 96.8 Å². The van der Waals surface area contributed by atoms with Gasteiger partial charge in [-0.2, -0.15) is 0 Å². The first-order chi connectivity index (χ1) is 10.8. The Hall–Kier alpha value is -0.700. The van der Waals surface area contributed by atoms with Crippen molar-refractivity contribution in [2.45, 2.75) is 96.8 Å². The normalized spacial score (nSPS) is 13.7. The van der Waals surface area contributed by atoms with Crippen molar-refractivity contribution < 1.29 is 5.48 Å². The Morgan fingerprint density at radius 1 is 0.652 bits per heavy atom. The lowest BCUT2D eigenvalue weighted by Gasteiger charge is -2.17. The van der Waals surface area contributed by atoms with Crippen LogP contribution >= 0.6 is 0 Å². The SMILES string of the molecule is CCCCCCCCCCCCCCCCN1C=CN(C)C1.O. The molecule has 138 valence electrons. The number of hydrogen-bond donors (Lipinski definition) is 0. The Balaban J connectivity index is 0.00000484. The molecule has 1 aliphatic heterocycles. The van der Waals surface area contributed by atoms with Crippen LogP contribution in [-0.4, -0.2) is 35.5 Å². The summed E-state index contributed by atoms with van der Waals surface area (Å²) in [5.74, 6) is 0. The molecule has 0 saturated heterocycles. The molecule has 0 amide bonds. The third-order valence-electron chi connectivity index (χ3n) is 4.74. The Bertz CT molecular complexity index is 268. The van der Waals surface area contributed by atoms with Crippen LogP contribution in [0, 0.1) is 0 Å². The molecule has 0 radical (unpaired) electrons. The van der Waals surface area contributed by atoms with Gasteiger partial charge in [0.2, 0.25) is 0 Å². The zero-order valence-electron chi connectivity index (χ0n) is 15.9. The molecule has 0 atom stereocenters. The number of hydrogen-bond acceptors (Lipinski definition) is 2. The van der Waals surface area contributed by atoms with Gasteiger partial charge in [-0.25, -0.2) is 0 Å². The smallest absolute Gasteiger partial charge is 0.0890 e. The van der Waals surface area contributed by atoms with Crippen LogP contribution < -0.4 is 0 Å². The summed E-state index contributed by atoms with van der Waals surface area (Å²) in [6.45, 7) is 4.61. The summed E-state index contributed by atoms with van der Waals surface area (Å²) in [7, 11) is 2.14. The van der Waals surface area contributed by atoms with Crippen LogP contribution in [0.3, 0.4) is 0 Å². The van der Waals surface area contributed by atoms with E-state index >= 15 is 0 Å². The van der Waals surface area contributed by atoms with E-state index in [-0.39, 0.29) is 5.48 Å². The van der Waals surface area contributed by atoms with Gasteiger partial charge in [0.25, 0.3) is 0 Å². The Kier molecular flexibility index (Phi) is 15.7. The Labute approximate surface area is 145 Å². The second-order valence-electron chi connectivity index (χ2n) is 7.11. The molecule has 0 bridgehead atoms. The minimum atomic E-state index is 0. The third-order valence-corrected chi connectivity index (χ3v) is 4.74. The molecule has 0 fully saturated rings. The molecular weight excluding hydrogens is 284 g/mol. The monoisotopic (exact) mass is 326 g/mol. The summed E-state index contributed by atoms with van der Waals surface area (Å²) in [4.78, 5) is 4.66. The van der Waals surface area contributed by atoms with Crippen LogP contribution in [0.4, 0.5) is 0 Å². The van der Waals surface area contributed by atoms with Gasteiger partial charge in [-0.1, -0.05) is 90.4 Å². The molecule has 3 nitrogen and oxygen atoms in total. The van der Waals surface area contributed by atoms with Crippen molar-refractivity contribution >= 4 is 0 Å². The zero-order valence-corrected chi connectivity index (χ0v) is 15.9. The highest BCUT2D eigenvalue weighted by atomic mass is 16.0. The van der Waals surface area contributed by atoms with Crippen molar-refractivity contribution in [2.24, 2.45) is 0 Å². The number of rotatable bonds is 15. The van der Waals surface area contributed by atoms with Gasteiger partial charge in [0.05, 0.1) is 6.67 Å². The molecule has 23 heavy (non-hydrogen) atoms. The van der Waals surface area contributed by atoms with E-state index in [1.165, 1.54) is 96.4 Å². The summed E-state index contributed by atoms with van der Waals surface area (Å²) >= 11 is 0. The molecule has 0 aromatic carbocycles. The first-order valence-electron chi connectivity index (χ1n) is 9.95. The maximum Gasteiger partial charge on any atom is 0.0890 e. The predicted octanol–water partition coefficient (Wildman–Crippen LogP) is 5.32. The lowest BCUT2D eigenvalue weighted by atomic mass is 10.0. The van der Waals surface area contributed by atoms with Crippen molar-refractivity contribution in [1.82, 2.24) is 9.80 Å².